The highest BCUT2D eigenvalue weighted by Gasteiger charge is 1.94. The van der Waals surface area contributed by atoms with Crippen molar-refractivity contribution >= 4 is 0 Å². The van der Waals surface area contributed by atoms with Crippen molar-refractivity contribution in [1.82, 2.24) is 10.2 Å². The van der Waals surface area contributed by atoms with Gasteiger partial charge in [0.2, 0.25) is 5.88 Å². The minimum atomic E-state index is 0.484. The maximum atomic E-state index is 4.81. The maximum Gasteiger partial charge on any atom is 0.236 e. The van der Waals surface area contributed by atoms with Crippen molar-refractivity contribution in [2.75, 3.05) is 7.11 Å². The van der Waals surface area contributed by atoms with Gasteiger partial charge in [-0.2, -0.15) is 5.10 Å². The number of nitrogens with zero attached hydrogens (tertiary/aromatic N) is 2. The van der Waals surface area contributed by atoms with E-state index in [0.29, 0.717) is 5.88 Å². The van der Waals surface area contributed by atoms with Crippen LogP contribution in [0.5, 0.6) is 5.88 Å². The molecule has 0 bridgehead atoms. The molecule has 0 atom stereocenters. The number of ether oxygens (including phenoxy) is 1. The Labute approximate surface area is 53.7 Å². The predicted molar refractivity (Wildman–Crippen MR) is 33.0 cm³/mol. The molecule has 0 aliphatic carbocycles. The van der Waals surface area contributed by atoms with Crippen molar-refractivity contribution in [3.05, 3.63) is 24.8 Å². The first kappa shape index (κ1) is 6.01. The zero-order valence-corrected chi connectivity index (χ0v) is 5.16. The van der Waals surface area contributed by atoms with Crippen LogP contribution in [0.1, 0.15) is 5.56 Å². The van der Waals surface area contributed by atoms with E-state index in [-0.39, 0.29) is 0 Å². The minimum absolute atomic E-state index is 0.484. The second kappa shape index (κ2) is 2.44. The molecule has 1 radical (unpaired) electrons. The van der Waals surface area contributed by atoms with E-state index < -0.39 is 0 Å². The lowest BCUT2D eigenvalue weighted by Crippen LogP contribution is -1.91. The van der Waals surface area contributed by atoms with Gasteiger partial charge in [0.15, 0.2) is 0 Å². The van der Waals surface area contributed by atoms with E-state index in [4.69, 9.17) is 4.74 Å². The van der Waals surface area contributed by atoms with Crippen molar-refractivity contribution in [3.8, 4) is 5.88 Å². The van der Waals surface area contributed by atoms with Crippen LogP contribution in [0.25, 0.3) is 0 Å². The molecule has 0 unspecified atom stereocenters. The number of hydrogen-bond acceptors (Lipinski definition) is 3. The minimum Gasteiger partial charge on any atom is -0.480 e. The Kier molecular flexibility index (Phi) is 1.63. The van der Waals surface area contributed by atoms with Gasteiger partial charge < -0.3 is 4.74 Å². The summed E-state index contributed by atoms with van der Waals surface area (Å²) in [5.74, 6) is 0.484. The van der Waals surface area contributed by atoms with Crippen LogP contribution in [0.3, 0.4) is 0 Å². The standard InChI is InChI=1S/C6H7N2O/c1-5-3-4-7-8-6(5)9-2/h3-4H,1H2,2H3. The smallest absolute Gasteiger partial charge is 0.236 e. The second-order valence-electron chi connectivity index (χ2n) is 1.57. The molecule has 3 heteroatoms. The Balaban J connectivity index is 3.01. The molecule has 47 valence electrons. The SMILES string of the molecule is [CH2]c1ccnnc1OC. The average molecular weight is 123 g/mol. The molecular weight excluding hydrogens is 116 g/mol. The van der Waals surface area contributed by atoms with E-state index in [0.717, 1.165) is 5.56 Å². The van der Waals surface area contributed by atoms with Crippen LogP contribution in [0.4, 0.5) is 0 Å². The van der Waals surface area contributed by atoms with Crippen LogP contribution in [-0.2, 0) is 0 Å². The molecule has 0 N–H and O–H groups in total. The topological polar surface area (TPSA) is 35.0 Å². The molecule has 0 spiro atoms. The molecular formula is C6H7N2O. The Morgan fingerprint density at radius 1 is 1.67 bits per heavy atom. The molecule has 1 rings (SSSR count). The summed E-state index contributed by atoms with van der Waals surface area (Å²) in [6.07, 6.45) is 1.57. The van der Waals surface area contributed by atoms with Crippen molar-refractivity contribution < 1.29 is 4.74 Å². The predicted octanol–water partition coefficient (Wildman–Crippen LogP) is 0.667. The Bertz CT molecular complexity index is 200. The quantitative estimate of drug-likeness (QED) is 0.550. The van der Waals surface area contributed by atoms with Crippen molar-refractivity contribution in [2.45, 2.75) is 0 Å². The first-order valence-corrected chi connectivity index (χ1v) is 2.52. The highest BCUT2D eigenvalue weighted by atomic mass is 16.5. The van der Waals surface area contributed by atoms with Crippen LogP contribution in [0.2, 0.25) is 0 Å². The maximum absolute atomic E-state index is 4.81. The molecule has 0 saturated heterocycles. The lowest BCUT2D eigenvalue weighted by atomic mass is 10.3. The third-order valence-electron chi connectivity index (χ3n) is 0.959. The van der Waals surface area contributed by atoms with Crippen molar-refractivity contribution in [3.63, 3.8) is 0 Å². The first-order chi connectivity index (χ1) is 4.34. The van der Waals surface area contributed by atoms with Gasteiger partial charge in [-0.15, -0.1) is 5.10 Å². The molecule has 3 nitrogen and oxygen atoms in total. The van der Waals surface area contributed by atoms with Crippen LogP contribution in [0.15, 0.2) is 12.3 Å². The van der Waals surface area contributed by atoms with E-state index in [1.165, 1.54) is 0 Å². The fourth-order valence-electron chi connectivity index (χ4n) is 0.517. The average Bonchev–Trinajstić information content (AvgIpc) is 1.89. The van der Waals surface area contributed by atoms with Gasteiger partial charge in [-0.25, -0.2) is 0 Å². The van der Waals surface area contributed by atoms with Crippen LogP contribution >= 0.6 is 0 Å². The normalized spacial score (nSPS) is 9.11. The fraction of sp³-hybridized carbons (Fsp3) is 0.167. The third kappa shape index (κ3) is 1.16. The van der Waals surface area contributed by atoms with E-state index in [9.17, 15) is 0 Å². The summed E-state index contributed by atoms with van der Waals surface area (Å²) in [7, 11) is 1.54. The Hall–Kier alpha value is -1.12. The van der Waals surface area contributed by atoms with Gasteiger partial charge in [0.25, 0.3) is 0 Å². The van der Waals surface area contributed by atoms with Gasteiger partial charge in [0.1, 0.15) is 0 Å². The highest BCUT2D eigenvalue weighted by Crippen LogP contribution is 2.08. The van der Waals surface area contributed by atoms with Crippen molar-refractivity contribution in [2.24, 2.45) is 0 Å². The molecule has 1 heterocycles. The third-order valence-corrected chi connectivity index (χ3v) is 0.959. The molecule has 0 aliphatic heterocycles. The van der Waals surface area contributed by atoms with E-state index >= 15 is 0 Å². The zero-order chi connectivity index (χ0) is 6.69. The van der Waals surface area contributed by atoms with E-state index in [1.807, 2.05) is 0 Å². The molecule has 1 aromatic heterocycles. The zero-order valence-electron chi connectivity index (χ0n) is 5.16. The summed E-state index contributed by atoms with van der Waals surface area (Å²) in [4.78, 5) is 0. The molecule has 0 aromatic carbocycles. The summed E-state index contributed by atoms with van der Waals surface area (Å²) in [5.41, 5.74) is 0.757. The van der Waals surface area contributed by atoms with Crippen LogP contribution in [0, 0.1) is 6.92 Å². The van der Waals surface area contributed by atoms with Gasteiger partial charge in [-0.05, 0) is 13.0 Å². The summed E-state index contributed by atoms with van der Waals surface area (Å²) in [5, 5.41) is 7.26. The highest BCUT2D eigenvalue weighted by molar-refractivity contribution is 5.25. The molecule has 0 saturated carbocycles. The van der Waals surface area contributed by atoms with E-state index in [2.05, 4.69) is 17.1 Å². The lowest BCUT2D eigenvalue weighted by molar-refractivity contribution is 0.390. The van der Waals surface area contributed by atoms with Gasteiger partial charge in [0, 0.05) is 5.56 Å². The summed E-state index contributed by atoms with van der Waals surface area (Å²) < 4.78 is 4.81. The van der Waals surface area contributed by atoms with Crippen molar-refractivity contribution in [1.29, 1.82) is 0 Å². The Morgan fingerprint density at radius 3 is 2.89 bits per heavy atom. The number of rotatable bonds is 1. The number of aromatic nitrogens is 2. The van der Waals surface area contributed by atoms with Gasteiger partial charge in [0.05, 0.1) is 13.3 Å². The molecule has 0 amide bonds. The summed E-state index contributed by atoms with van der Waals surface area (Å²) in [6, 6.07) is 1.74. The molecule has 0 aliphatic rings. The Morgan fingerprint density at radius 2 is 2.44 bits per heavy atom. The fourth-order valence-corrected chi connectivity index (χ4v) is 0.517. The van der Waals surface area contributed by atoms with Crippen LogP contribution in [-0.4, -0.2) is 17.3 Å². The second-order valence-corrected chi connectivity index (χ2v) is 1.57. The van der Waals surface area contributed by atoms with E-state index in [1.54, 1.807) is 19.4 Å². The van der Waals surface area contributed by atoms with Gasteiger partial charge >= 0.3 is 0 Å². The van der Waals surface area contributed by atoms with Gasteiger partial charge in [-0.1, -0.05) is 0 Å². The van der Waals surface area contributed by atoms with Crippen LogP contribution < -0.4 is 4.74 Å². The largest absolute Gasteiger partial charge is 0.480 e. The molecule has 0 fully saturated rings. The first-order valence-electron chi connectivity index (χ1n) is 2.52. The lowest BCUT2D eigenvalue weighted by Gasteiger charge is -1.97. The molecule has 9 heavy (non-hydrogen) atoms. The van der Waals surface area contributed by atoms with Gasteiger partial charge in [-0.3, -0.25) is 0 Å². The summed E-state index contributed by atoms with van der Waals surface area (Å²) >= 11 is 0. The monoisotopic (exact) mass is 123 g/mol. The summed E-state index contributed by atoms with van der Waals surface area (Å²) in [6.45, 7) is 3.66. The molecule has 1 aromatic rings. The number of methoxy groups -OCH3 is 1. The number of hydrogen-bond donors (Lipinski definition) is 0.